The van der Waals surface area contributed by atoms with Crippen LogP contribution in [0.3, 0.4) is 0 Å². The summed E-state index contributed by atoms with van der Waals surface area (Å²) in [6.45, 7) is 0.926. The SMILES string of the molecule is O=C(O)[C@@H]1CC[C@H](C(=O)NCCOc2ccc3c(c2)OCO3)C1. The second-order valence-electron chi connectivity index (χ2n) is 5.70. The number of carbonyl (C=O) groups excluding carboxylic acids is 1. The van der Waals surface area contributed by atoms with Crippen molar-refractivity contribution in [2.75, 3.05) is 19.9 Å². The molecule has 0 unspecified atom stereocenters. The van der Waals surface area contributed by atoms with Gasteiger partial charge in [0.1, 0.15) is 12.4 Å². The number of nitrogens with one attached hydrogen (secondary N) is 1. The predicted octanol–water partition coefficient (Wildman–Crippen LogP) is 1.41. The van der Waals surface area contributed by atoms with Crippen LogP contribution in [0.15, 0.2) is 18.2 Å². The van der Waals surface area contributed by atoms with E-state index in [0.717, 1.165) is 0 Å². The molecule has 1 aliphatic heterocycles. The van der Waals surface area contributed by atoms with Crippen molar-refractivity contribution >= 4 is 11.9 Å². The molecule has 2 N–H and O–H groups in total. The summed E-state index contributed by atoms with van der Waals surface area (Å²) in [7, 11) is 0. The number of carboxylic acids is 1. The van der Waals surface area contributed by atoms with Crippen LogP contribution in [0.5, 0.6) is 17.2 Å². The fourth-order valence-corrected chi connectivity index (χ4v) is 2.90. The van der Waals surface area contributed by atoms with Gasteiger partial charge in [-0.25, -0.2) is 0 Å². The molecule has 2 aliphatic rings. The Hall–Kier alpha value is -2.44. The number of hydrogen-bond donors (Lipinski definition) is 2. The molecule has 1 fully saturated rings. The molecule has 1 aliphatic carbocycles. The van der Waals surface area contributed by atoms with Crippen LogP contribution in [-0.4, -0.2) is 36.9 Å². The lowest BCUT2D eigenvalue weighted by Crippen LogP contribution is -2.33. The Morgan fingerprint density at radius 2 is 2.00 bits per heavy atom. The van der Waals surface area contributed by atoms with E-state index in [4.69, 9.17) is 19.3 Å². The molecular formula is C16H19NO6. The van der Waals surface area contributed by atoms with Gasteiger partial charge in [-0.3, -0.25) is 9.59 Å². The normalized spacial score (nSPS) is 21.9. The second kappa shape index (κ2) is 6.76. The molecule has 23 heavy (non-hydrogen) atoms. The summed E-state index contributed by atoms with van der Waals surface area (Å²) >= 11 is 0. The largest absolute Gasteiger partial charge is 0.492 e. The molecule has 7 nitrogen and oxygen atoms in total. The van der Waals surface area contributed by atoms with Gasteiger partial charge in [-0.2, -0.15) is 0 Å². The van der Waals surface area contributed by atoms with Crippen LogP contribution in [0.25, 0.3) is 0 Å². The maximum absolute atomic E-state index is 12.0. The topological polar surface area (TPSA) is 94.1 Å². The van der Waals surface area contributed by atoms with Crippen molar-refractivity contribution < 1.29 is 28.9 Å². The molecule has 1 aromatic carbocycles. The van der Waals surface area contributed by atoms with Gasteiger partial charge in [0, 0.05) is 12.0 Å². The highest BCUT2D eigenvalue weighted by molar-refractivity contribution is 5.80. The van der Waals surface area contributed by atoms with Crippen molar-refractivity contribution in [2.24, 2.45) is 11.8 Å². The number of carboxylic acid groups (broad SMARTS) is 1. The fourth-order valence-electron chi connectivity index (χ4n) is 2.90. The summed E-state index contributed by atoms with van der Waals surface area (Å²) in [5.41, 5.74) is 0. The van der Waals surface area contributed by atoms with Gasteiger partial charge < -0.3 is 24.6 Å². The Morgan fingerprint density at radius 1 is 1.22 bits per heavy atom. The second-order valence-corrected chi connectivity index (χ2v) is 5.70. The first-order valence-electron chi connectivity index (χ1n) is 7.66. The van der Waals surface area contributed by atoms with Crippen molar-refractivity contribution in [1.82, 2.24) is 5.32 Å². The molecule has 7 heteroatoms. The summed E-state index contributed by atoms with van der Waals surface area (Å²) in [5, 5.41) is 11.7. The Labute approximate surface area is 133 Å². The molecule has 124 valence electrons. The average Bonchev–Trinajstić information content (AvgIpc) is 3.19. The van der Waals surface area contributed by atoms with E-state index in [-0.39, 0.29) is 18.6 Å². The molecule has 1 saturated carbocycles. The van der Waals surface area contributed by atoms with Gasteiger partial charge in [-0.1, -0.05) is 0 Å². The molecule has 0 aromatic heterocycles. The van der Waals surface area contributed by atoms with Gasteiger partial charge in [0.2, 0.25) is 12.7 Å². The van der Waals surface area contributed by atoms with Crippen LogP contribution < -0.4 is 19.5 Å². The van der Waals surface area contributed by atoms with Crippen molar-refractivity contribution in [3.05, 3.63) is 18.2 Å². The third-order valence-corrected chi connectivity index (χ3v) is 4.17. The molecule has 3 rings (SSSR count). The summed E-state index contributed by atoms with van der Waals surface area (Å²) in [5.74, 6) is 0.485. The number of amides is 1. The number of rotatable bonds is 6. The monoisotopic (exact) mass is 321 g/mol. The zero-order chi connectivity index (χ0) is 16.2. The van der Waals surface area contributed by atoms with Crippen LogP contribution >= 0.6 is 0 Å². The van der Waals surface area contributed by atoms with Gasteiger partial charge >= 0.3 is 5.97 Å². The highest BCUT2D eigenvalue weighted by Gasteiger charge is 2.33. The summed E-state index contributed by atoms with van der Waals surface area (Å²) in [4.78, 5) is 22.9. The van der Waals surface area contributed by atoms with E-state index in [1.807, 2.05) is 0 Å². The smallest absolute Gasteiger partial charge is 0.306 e. The van der Waals surface area contributed by atoms with E-state index >= 15 is 0 Å². The quantitative estimate of drug-likeness (QED) is 0.770. The van der Waals surface area contributed by atoms with Gasteiger partial charge in [-0.15, -0.1) is 0 Å². The third kappa shape index (κ3) is 3.67. The maximum atomic E-state index is 12.0. The standard InChI is InChI=1S/C16H19NO6/c18-15(10-1-2-11(7-10)16(19)20)17-5-6-21-12-3-4-13-14(8-12)23-9-22-13/h3-4,8,10-11H,1-2,5-7,9H2,(H,17,18)(H,19,20)/t10-,11+/m0/s1. The van der Waals surface area contributed by atoms with Crippen molar-refractivity contribution in [1.29, 1.82) is 0 Å². The number of aliphatic carboxylic acids is 1. The highest BCUT2D eigenvalue weighted by Crippen LogP contribution is 2.35. The molecule has 2 atom stereocenters. The number of carbonyl (C=O) groups is 2. The van der Waals surface area contributed by atoms with Crippen molar-refractivity contribution in [2.45, 2.75) is 19.3 Å². The van der Waals surface area contributed by atoms with Gasteiger partial charge in [0.15, 0.2) is 11.5 Å². The molecule has 0 spiro atoms. The van der Waals surface area contributed by atoms with E-state index in [2.05, 4.69) is 5.32 Å². The first kappa shape index (κ1) is 15.5. The Kier molecular flexibility index (Phi) is 4.55. The van der Waals surface area contributed by atoms with Gasteiger partial charge in [0.25, 0.3) is 0 Å². The highest BCUT2D eigenvalue weighted by atomic mass is 16.7. The fraction of sp³-hybridized carbons (Fsp3) is 0.500. The van der Waals surface area contributed by atoms with Crippen LogP contribution in [0, 0.1) is 11.8 Å². The lowest BCUT2D eigenvalue weighted by Gasteiger charge is -2.11. The van der Waals surface area contributed by atoms with E-state index in [1.165, 1.54) is 0 Å². The first-order valence-corrected chi connectivity index (χ1v) is 7.66. The molecule has 1 heterocycles. The molecule has 0 saturated heterocycles. The van der Waals surface area contributed by atoms with E-state index in [9.17, 15) is 9.59 Å². The minimum Gasteiger partial charge on any atom is -0.492 e. The summed E-state index contributed by atoms with van der Waals surface area (Å²) in [6, 6.07) is 5.31. The Balaban J connectivity index is 1.38. The molecule has 1 amide bonds. The van der Waals surface area contributed by atoms with Gasteiger partial charge in [0.05, 0.1) is 12.5 Å². The first-order chi connectivity index (χ1) is 11.1. The average molecular weight is 321 g/mol. The summed E-state index contributed by atoms with van der Waals surface area (Å²) in [6.07, 6.45) is 1.62. The van der Waals surface area contributed by atoms with Gasteiger partial charge in [-0.05, 0) is 31.4 Å². The van der Waals surface area contributed by atoms with Crippen LogP contribution in [0.2, 0.25) is 0 Å². The minimum absolute atomic E-state index is 0.0944. The Morgan fingerprint density at radius 3 is 2.78 bits per heavy atom. The lowest BCUT2D eigenvalue weighted by molar-refractivity contribution is -0.141. The predicted molar refractivity (Wildman–Crippen MR) is 79.5 cm³/mol. The molecule has 0 bridgehead atoms. The van der Waals surface area contributed by atoms with E-state index < -0.39 is 11.9 Å². The summed E-state index contributed by atoms with van der Waals surface area (Å²) < 4.78 is 16.0. The van der Waals surface area contributed by atoms with Crippen molar-refractivity contribution in [3.63, 3.8) is 0 Å². The zero-order valence-electron chi connectivity index (χ0n) is 12.6. The molecule has 0 radical (unpaired) electrons. The number of hydrogen-bond acceptors (Lipinski definition) is 5. The molecular weight excluding hydrogens is 302 g/mol. The molecule has 1 aromatic rings. The number of ether oxygens (including phenoxy) is 3. The zero-order valence-corrected chi connectivity index (χ0v) is 12.6. The minimum atomic E-state index is -0.813. The number of benzene rings is 1. The van der Waals surface area contributed by atoms with Crippen LogP contribution in [0.4, 0.5) is 0 Å². The Bertz CT molecular complexity index is 602. The lowest BCUT2D eigenvalue weighted by atomic mass is 10.0. The van der Waals surface area contributed by atoms with E-state index in [1.54, 1.807) is 18.2 Å². The van der Waals surface area contributed by atoms with Crippen molar-refractivity contribution in [3.8, 4) is 17.2 Å². The van der Waals surface area contributed by atoms with E-state index in [0.29, 0.717) is 49.7 Å². The third-order valence-electron chi connectivity index (χ3n) is 4.17. The maximum Gasteiger partial charge on any atom is 0.306 e. The number of fused-ring (bicyclic) bond motifs is 1. The van der Waals surface area contributed by atoms with Crippen LogP contribution in [-0.2, 0) is 9.59 Å². The van der Waals surface area contributed by atoms with Crippen LogP contribution in [0.1, 0.15) is 19.3 Å².